The first-order valence-electron chi connectivity index (χ1n) is 14.7. The lowest BCUT2D eigenvalue weighted by Gasteiger charge is -2.31. The molecule has 2 atom stereocenters. The number of thiophene rings is 1. The second-order valence-electron chi connectivity index (χ2n) is 11.8. The van der Waals surface area contributed by atoms with Crippen molar-refractivity contribution in [1.82, 2.24) is 25.3 Å². The SMILES string of the molecule is CC1(c2nc(-c3cc(N4CCNCC4)cc(N4CCC(N5CCCC5)C4)n3)no2)CCCc2sc(N)c(C#N)c21. The molecule has 7 rings (SSSR count). The Kier molecular flexibility index (Phi) is 6.65. The van der Waals surface area contributed by atoms with Gasteiger partial charge in [0.1, 0.15) is 22.6 Å². The second-order valence-corrected chi connectivity index (χ2v) is 12.9. The summed E-state index contributed by atoms with van der Waals surface area (Å²) in [6.07, 6.45) is 6.54. The van der Waals surface area contributed by atoms with Crippen molar-refractivity contribution in [3.05, 3.63) is 34.0 Å². The first kappa shape index (κ1) is 25.7. The van der Waals surface area contributed by atoms with Crippen molar-refractivity contribution in [2.45, 2.75) is 56.9 Å². The lowest BCUT2D eigenvalue weighted by Crippen LogP contribution is -2.43. The van der Waals surface area contributed by atoms with E-state index in [0.717, 1.165) is 86.2 Å². The van der Waals surface area contributed by atoms with Gasteiger partial charge >= 0.3 is 0 Å². The van der Waals surface area contributed by atoms with Crippen LogP contribution in [0.1, 0.15) is 60.9 Å². The topological polar surface area (TPSA) is 123 Å². The molecule has 3 aromatic rings. The van der Waals surface area contributed by atoms with E-state index in [1.165, 1.54) is 43.7 Å². The van der Waals surface area contributed by atoms with Crippen molar-refractivity contribution < 1.29 is 4.52 Å². The van der Waals surface area contributed by atoms with Crippen molar-refractivity contribution in [3.63, 3.8) is 0 Å². The van der Waals surface area contributed by atoms with Crippen molar-refractivity contribution in [1.29, 1.82) is 5.26 Å². The third-order valence-corrected chi connectivity index (χ3v) is 10.4. The number of aryl methyl sites for hydroxylation is 1. The minimum atomic E-state index is -0.547. The number of nitrogens with two attached hydrogens (primary N) is 1. The average molecular weight is 560 g/mol. The zero-order valence-electron chi connectivity index (χ0n) is 23.2. The van der Waals surface area contributed by atoms with Crippen LogP contribution in [0.3, 0.4) is 0 Å². The van der Waals surface area contributed by atoms with Crippen LogP contribution >= 0.6 is 11.3 Å². The highest BCUT2D eigenvalue weighted by molar-refractivity contribution is 7.16. The quantitative estimate of drug-likeness (QED) is 0.481. The lowest BCUT2D eigenvalue weighted by atomic mass is 9.72. The molecule has 3 aliphatic heterocycles. The summed E-state index contributed by atoms with van der Waals surface area (Å²) in [5.41, 5.74) is 9.11. The van der Waals surface area contributed by atoms with E-state index >= 15 is 0 Å². The molecule has 10 nitrogen and oxygen atoms in total. The van der Waals surface area contributed by atoms with E-state index in [9.17, 15) is 5.26 Å². The Morgan fingerprint density at radius 2 is 1.93 bits per heavy atom. The molecule has 11 heteroatoms. The predicted octanol–water partition coefficient (Wildman–Crippen LogP) is 3.37. The van der Waals surface area contributed by atoms with Crippen molar-refractivity contribution >= 4 is 27.8 Å². The van der Waals surface area contributed by atoms with Gasteiger partial charge in [-0.3, -0.25) is 4.90 Å². The van der Waals surface area contributed by atoms with Gasteiger partial charge in [0.15, 0.2) is 0 Å². The monoisotopic (exact) mass is 559 g/mol. The van der Waals surface area contributed by atoms with E-state index in [0.29, 0.717) is 28.3 Å². The highest BCUT2D eigenvalue weighted by Gasteiger charge is 2.43. The zero-order chi connectivity index (χ0) is 27.3. The fraction of sp³-hybridized carbons (Fsp3) is 0.586. The van der Waals surface area contributed by atoms with Gasteiger partial charge in [0.2, 0.25) is 11.7 Å². The summed E-state index contributed by atoms with van der Waals surface area (Å²) in [7, 11) is 0. The maximum atomic E-state index is 9.89. The number of fused-ring (bicyclic) bond motifs is 1. The molecule has 1 aliphatic carbocycles. The number of piperazine rings is 1. The molecule has 0 bridgehead atoms. The average Bonchev–Trinajstić information content (AvgIpc) is 3.79. The minimum absolute atomic E-state index is 0.499. The number of nitrogen functional groups attached to an aromatic ring is 1. The van der Waals surface area contributed by atoms with Crippen LogP contribution in [-0.2, 0) is 11.8 Å². The number of nitrogens with zero attached hydrogens (tertiary/aromatic N) is 7. The van der Waals surface area contributed by atoms with Crippen LogP contribution in [0.4, 0.5) is 16.5 Å². The highest BCUT2D eigenvalue weighted by Crippen LogP contribution is 2.48. The van der Waals surface area contributed by atoms with Gasteiger partial charge in [-0.05, 0) is 64.6 Å². The third-order valence-electron chi connectivity index (χ3n) is 9.30. The van der Waals surface area contributed by atoms with Gasteiger partial charge in [0, 0.05) is 67.5 Å². The summed E-state index contributed by atoms with van der Waals surface area (Å²) in [6.45, 7) is 10.4. The van der Waals surface area contributed by atoms with Gasteiger partial charge in [-0.2, -0.15) is 10.2 Å². The van der Waals surface area contributed by atoms with Crippen molar-refractivity contribution in [2.24, 2.45) is 0 Å². The molecule has 2 unspecified atom stereocenters. The molecule has 40 heavy (non-hydrogen) atoms. The number of likely N-dealkylation sites (tertiary alicyclic amines) is 1. The molecule has 3 fully saturated rings. The fourth-order valence-electron chi connectivity index (χ4n) is 7.10. The Morgan fingerprint density at radius 1 is 1.10 bits per heavy atom. The van der Waals surface area contributed by atoms with E-state index in [4.69, 9.17) is 20.2 Å². The Hall–Kier alpha value is -3.20. The largest absolute Gasteiger partial charge is 0.389 e. The summed E-state index contributed by atoms with van der Waals surface area (Å²) >= 11 is 1.52. The number of pyridine rings is 1. The van der Waals surface area contributed by atoms with Crippen LogP contribution < -0.4 is 20.9 Å². The van der Waals surface area contributed by atoms with Crippen LogP contribution in [0, 0.1) is 11.3 Å². The van der Waals surface area contributed by atoms with Gasteiger partial charge in [-0.25, -0.2) is 4.98 Å². The third kappa shape index (κ3) is 4.42. The molecule has 0 amide bonds. The summed E-state index contributed by atoms with van der Waals surface area (Å²) in [6, 6.07) is 7.28. The van der Waals surface area contributed by atoms with Crippen molar-refractivity contribution in [3.8, 4) is 17.6 Å². The first-order valence-corrected chi connectivity index (χ1v) is 15.5. The molecule has 4 aliphatic rings. The molecule has 6 heterocycles. The Morgan fingerprint density at radius 3 is 2.73 bits per heavy atom. The summed E-state index contributed by atoms with van der Waals surface area (Å²) in [5, 5.41) is 18.4. The van der Waals surface area contributed by atoms with Gasteiger partial charge < -0.3 is 25.4 Å². The summed E-state index contributed by atoms with van der Waals surface area (Å²) in [5.74, 6) is 2.02. The van der Waals surface area contributed by atoms with E-state index in [-0.39, 0.29) is 0 Å². The normalized spacial score (nSPS) is 25.4. The number of aromatic nitrogens is 3. The molecular weight excluding hydrogens is 522 g/mol. The highest BCUT2D eigenvalue weighted by atomic mass is 32.1. The molecule has 210 valence electrons. The van der Waals surface area contributed by atoms with Crippen molar-refractivity contribution in [2.75, 3.05) is 67.9 Å². The lowest BCUT2D eigenvalue weighted by molar-refractivity contribution is 0.260. The van der Waals surface area contributed by atoms with Gasteiger partial charge in [-0.1, -0.05) is 5.16 Å². The summed E-state index contributed by atoms with van der Waals surface area (Å²) in [4.78, 5) is 18.7. The van der Waals surface area contributed by atoms with E-state index in [1.54, 1.807) is 0 Å². The fourth-order valence-corrected chi connectivity index (χ4v) is 8.29. The van der Waals surface area contributed by atoms with Gasteiger partial charge in [0.05, 0.1) is 11.0 Å². The minimum Gasteiger partial charge on any atom is -0.389 e. The van der Waals surface area contributed by atoms with Crippen LogP contribution in [0.15, 0.2) is 16.7 Å². The smallest absolute Gasteiger partial charge is 0.237 e. The number of hydrogen-bond donors (Lipinski definition) is 2. The number of rotatable bonds is 5. The summed E-state index contributed by atoms with van der Waals surface area (Å²) < 4.78 is 5.97. The van der Waals surface area contributed by atoms with E-state index < -0.39 is 5.41 Å². The molecule has 3 saturated heterocycles. The van der Waals surface area contributed by atoms with E-state index in [1.807, 2.05) is 0 Å². The molecule has 0 saturated carbocycles. The maximum absolute atomic E-state index is 9.89. The number of anilines is 3. The van der Waals surface area contributed by atoms with Crippen LogP contribution in [-0.4, -0.2) is 78.4 Å². The number of nitrogens with one attached hydrogen (secondary N) is 1. The molecule has 0 radical (unpaired) electrons. The molecular formula is C29H37N9OS. The van der Waals surface area contributed by atoms with Gasteiger partial charge in [0.25, 0.3) is 0 Å². The standard InChI is InChI=1S/C29H37N9OS/c1-29(7-4-5-23-25(29)21(17-30)26(31)40-23)28-34-27(35-39-28)22-15-20(37-13-8-32-9-14-37)16-24(33-22)38-12-6-19(18-38)36-10-2-3-11-36/h15-16,19,32H,2-14,18,31H2,1H3. The van der Waals surface area contributed by atoms with Crippen LogP contribution in [0.5, 0.6) is 0 Å². The first-order chi connectivity index (χ1) is 19.5. The Bertz CT molecular complexity index is 1430. The number of nitriles is 1. The Balaban J connectivity index is 1.24. The van der Waals surface area contributed by atoms with E-state index in [2.05, 4.69) is 50.3 Å². The van der Waals surface area contributed by atoms with Crippen LogP contribution in [0.2, 0.25) is 0 Å². The maximum Gasteiger partial charge on any atom is 0.237 e. The van der Waals surface area contributed by atoms with Gasteiger partial charge in [-0.15, -0.1) is 11.3 Å². The second kappa shape index (κ2) is 10.3. The predicted molar refractivity (Wildman–Crippen MR) is 157 cm³/mol. The number of hydrogen-bond acceptors (Lipinski definition) is 11. The molecule has 0 aromatic carbocycles. The molecule has 3 aromatic heterocycles. The molecule has 0 spiro atoms. The Labute approximate surface area is 239 Å². The van der Waals surface area contributed by atoms with Crippen LogP contribution in [0.25, 0.3) is 11.5 Å². The molecule has 3 N–H and O–H groups in total. The zero-order valence-corrected chi connectivity index (χ0v) is 24.0.